The summed E-state index contributed by atoms with van der Waals surface area (Å²) in [7, 11) is 0. The van der Waals surface area contributed by atoms with Crippen molar-refractivity contribution in [1.29, 1.82) is 0 Å². The number of nitrogens with one attached hydrogen (secondary N) is 3. The minimum absolute atomic E-state index is 0. The molecule has 0 radical (unpaired) electrons. The Hall–Kier alpha value is -3.02. The number of nitrogens with zero attached hydrogens (tertiary/aromatic N) is 2. The molecule has 4 N–H and O–H groups in total. The molecule has 0 saturated heterocycles. The quantitative estimate of drug-likeness (QED) is 0.134. The topological polar surface area (TPSA) is 164 Å². The average Bonchev–Trinajstić information content (AvgIpc) is 2.74. The molecule has 1 aromatic heterocycles. The van der Waals surface area contributed by atoms with E-state index in [1.165, 1.54) is 24.3 Å². The number of aromatic nitrogens is 1. The molecule has 0 aliphatic heterocycles. The maximum absolute atomic E-state index is 12.2. The minimum Gasteiger partial charge on any atom is -1.00 e. The first-order valence-electron chi connectivity index (χ1n) is 9.93. The van der Waals surface area contributed by atoms with Gasteiger partial charge in [-0.15, -0.1) is 0 Å². The second-order valence-electron chi connectivity index (χ2n) is 7.09. The van der Waals surface area contributed by atoms with Crippen LogP contribution in [-0.2, 0) is 14.4 Å². The summed E-state index contributed by atoms with van der Waals surface area (Å²) < 4.78 is 0. The molecule has 2 rings (SSSR count). The van der Waals surface area contributed by atoms with Crippen LogP contribution in [0.3, 0.4) is 0 Å². The summed E-state index contributed by atoms with van der Waals surface area (Å²) in [5, 5.41) is 28.0. The van der Waals surface area contributed by atoms with Gasteiger partial charge in [-0.2, -0.15) is 0 Å². The number of hydrogen-bond acceptors (Lipinski definition) is 7. The Balaban J connectivity index is 0.00000544. The van der Waals surface area contributed by atoms with Gasteiger partial charge in [-0.1, -0.05) is 12.1 Å². The SMILES string of the molecule is Cc1ccnc(NCCCC(=O)NCC(=O)NC(CC(=O)O)c2ccc([N+](=O)[O-])cc2)c1.[H-].[Na+]. The van der Waals surface area contributed by atoms with Crippen LogP contribution in [0.1, 0.15) is 37.9 Å². The molecule has 2 amide bonds. The fourth-order valence-electron chi connectivity index (χ4n) is 2.87. The molecule has 11 nitrogen and oxygen atoms in total. The monoisotopic (exact) mass is 467 g/mol. The fraction of sp³-hybridized carbons (Fsp3) is 0.333. The number of hydrogen-bond donors (Lipinski definition) is 4. The first kappa shape index (κ1) is 28.0. The fourth-order valence-corrected chi connectivity index (χ4v) is 2.87. The van der Waals surface area contributed by atoms with E-state index in [4.69, 9.17) is 5.11 Å². The van der Waals surface area contributed by atoms with Crippen LogP contribution in [-0.4, -0.2) is 45.9 Å². The van der Waals surface area contributed by atoms with Crippen LogP contribution in [0.2, 0.25) is 0 Å². The van der Waals surface area contributed by atoms with Crippen molar-refractivity contribution >= 4 is 29.3 Å². The Kier molecular flexibility index (Phi) is 12.0. The number of carboxylic acid groups (broad SMARTS) is 1. The summed E-state index contributed by atoms with van der Waals surface area (Å²) in [6.45, 7) is 2.18. The van der Waals surface area contributed by atoms with Crippen molar-refractivity contribution < 1.29 is 55.4 Å². The smallest absolute Gasteiger partial charge is 1.00 e. The third-order valence-electron chi connectivity index (χ3n) is 4.47. The number of amides is 2. The van der Waals surface area contributed by atoms with E-state index in [0.29, 0.717) is 18.5 Å². The van der Waals surface area contributed by atoms with E-state index in [1.807, 2.05) is 19.1 Å². The summed E-state index contributed by atoms with van der Waals surface area (Å²) in [5.41, 5.74) is 1.34. The molecule has 0 aliphatic carbocycles. The summed E-state index contributed by atoms with van der Waals surface area (Å²) in [6.07, 6.45) is 2.02. The van der Waals surface area contributed by atoms with Crippen LogP contribution in [0.15, 0.2) is 42.6 Å². The van der Waals surface area contributed by atoms with Crippen molar-refractivity contribution in [3.63, 3.8) is 0 Å². The predicted octanol–water partition coefficient (Wildman–Crippen LogP) is -0.945. The van der Waals surface area contributed by atoms with Gasteiger partial charge in [0.15, 0.2) is 0 Å². The van der Waals surface area contributed by atoms with Crippen molar-refractivity contribution in [3.8, 4) is 0 Å². The van der Waals surface area contributed by atoms with Gasteiger partial charge in [-0.3, -0.25) is 24.5 Å². The van der Waals surface area contributed by atoms with Crippen LogP contribution < -0.4 is 45.5 Å². The first-order valence-corrected chi connectivity index (χ1v) is 9.93. The summed E-state index contributed by atoms with van der Waals surface area (Å²) in [6, 6.07) is 8.14. The van der Waals surface area contributed by atoms with Crippen LogP contribution in [0.5, 0.6) is 0 Å². The van der Waals surface area contributed by atoms with Crippen LogP contribution >= 0.6 is 0 Å². The maximum atomic E-state index is 12.2. The summed E-state index contributed by atoms with van der Waals surface area (Å²) in [5.74, 6) is -1.30. The third-order valence-corrected chi connectivity index (χ3v) is 4.47. The standard InChI is InChI=1S/C21H25N5O6.Na.H/c1-14-8-10-23-18(11-14)22-9-2-3-19(27)24-13-20(28)25-17(12-21(29)30)15-4-6-16(7-5-15)26(31)32;;/h4-8,10-11,17H,2-3,9,12-13H2,1H3,(H,22,23)(H,24,27)(H,25,28)(H,29,30);;/q;+1;-1. The third kappa shape index (κ3) is 10.4. The van der Waals surface area contributed by atoms with Crippen molar-refractivity contribution in [2.75, 3.05) is 18.4 Å². The molecule has 2 aromatic rings. The number of carbonyl (C=O) groups is 3. The molecular weight excluding hydrogens is 441 g/mol. The first-order chi connectivity index (χ1) is 15.2. The molecule has 0 saturated carbocycles. The number of anilines is 1. The molecular formula is C21H26N5NaO6. The van der Waals surface area contributed by atoms with Crippen LogP contribution in [0.25, 0.3) is 0 Å². The number of rotatable bonds is 12. The number of non-ortho nitro benzene ring substituents is 1. The van der Waals surface area contributed by atoms with Crippen LogP contribution in [0.4, 0.5) is 11.5 Å². The van der Waals surface area contributed by atoms with Gasteiger partial charge in [0, 0.05) is 31.3 Å². The van der Waals surface area contributed by atoms with Crippen molar-refractivity contribution in [2.45, 2.75) is 32.2 Å². The van der Waals surface area contributed by atoms with Gasteiger partial charge in [-0.25, -0.2) is 4.98 Å². The van der Waals surface area contributed by atoms with Gasteiger partial charge in [0.05, 0.1) is 23.9 Å². The van der Waals surface area contributed by atoms with E-state index in [1.54, 1.807) is 6.20 Å². The second kappa shape index (κ2) is 14.2. The predicted molar refractivity (Wildman–Crippen MR) is 117 cm³/mol. The number of aliphatic carboxylic acids is 1. The van der Waals surface area contributed by atoms with Gasteiger partial charge in [0.1, 0.15) is 5.82 Å². The Labute approximate surface area is 214 Å². The summed E-state index contributed by atoms with van der Waals surface area (Å²) >= 11 is 0. The second-order valence-corrected chi connectivity index (χ2v) is 7.09. The van der Waals surface area contributed by atoms with Gasteiger partial charge in [0.25, 0.3) is 5.69 Å². The molecule has 0 bridgehead atoms. The number of nitro benzene ring substituents is 1. The Morgan fingerprint density at radius 1 is 1.18 bits per heavy atom. The zero-order valence-electron chi connectivity index (χ0n) is 19.5. The Morgan fingerprint density at radius 2 is 1.88 bits per heavy atom. The van der Waals surface area contributed by atoms with Gasteiger partial charge < -0.3 is 22.5 Å². The molecule has 0 fully saturated rings. The van der Waals surface area contributed by atoms with E-state index in [0.717, 1.165) is 11.4 Å². The number of nitro groups is 1. The molecule has 0 aliphatic rings. The number of aryl methyl sites for hydroxylation is 1. The number of benzene rings is 1. The summed E-state index contributed by atoms with van der Waals surface area (Å²) in [4.78, 5) is 49.6. The molecule has 1 aromatic carbocycles. The Morgan fingerprint density at radius 3 is 2.48 bits per heavy atom. The van der Waals surface area contributed by atoms with E-state index >= 15 is 0 Å². The minimum atomic E-state index is -1.15. The Bertz CT molecular complexity index is 976. The molecule has 1 heterocycles. The zero-order valence-corrected chi connectivity index (χ0v) is 20.5. The molecule has 12 heteroatoms. The van der Waals surface area contributed by atoms with Gasteiger partial charge in [0.2, 0.25) is 11.8 Å². The average molecular weight is 467 g/mol. The normalized spacial score (nSPS) is 10.9. The maximum Gasteiger partial charge on any atom is 1.00 e. The van der Waals surface area contributed by atoms with E-state index < -0.39 is 29.3 Å². The van der Waals surface area contributed by atoms with E-state index in [9.17, 15) is 24.5 Å². The van der Waals surface area contributed by atoms with Gasteiger partial charge >= 0.3 is 35.5 Å². The van der Waals surface area contributed by atoms with Gasteiger partial charge in [-0.05, 0) is 36.6 Å². The molecule has 1 atom stereocenters. The van der Waals surface area contributed by atoms with Crippen LogP contribution in [0, 0.1) is 17.0 Å². The number of pyridine rings is 1. The zero-order chi connectivity index (χ0) is 23.5. The van der Waals surface area contributed by atoms with E-state index in [-0.39, 0.29) is 55.5 Å². The van der Waals surface area contributed by atoms with Crippen molar-refractivity contribution in [2.24, 2.45) is 0 Å². The molecule has 1 unspecified atom stereocenters. The molecule has 172 valence electrons. The number of carbonyl (C=O) groups excluding carboxylic acids is 2. The van der Waals surface area contributed by atoms with E-state index in [2.05, 4.69) is 20.9 Å². The molecule has 33 heavy (non-hydrogen) atoms. The molecule has 0 spiro atoms. The largest absolute Gasteiger partial charge is 1.00 e. The van der Waals surface area contributed by atoms with Crippen molar-refractivity contribution in [1.82, 2.24) is 15.6 Å². The number of carboxylic acids is 1. The van der Waals surface area contributed by atoms with Crippen molar-refractivity contribution in [3.05, 3.63) is 63.8 Å².